The first-order valence-corrected chi connectivity index (χ1v) is 43.0. The molecule has 0 spiro atoms. The largest absolute Gasteiger partial charge is 0.505 e. The van der Waals surface area contributed by atoms with E-state index in [1.165, 1.54) is 56.3 Å². The van der Waals surface area contributed by atoms with E-state index in [-0.39, 0.29) is 58.9 Å². The molecule has 14 aromatic rings. The van der Waals surface area contributed by atoms with Gasteiger partial charge >= 0.3 is 0 Å². The van der Waals surface area contributed by atoms with Crippen LogP contribution in [0.2, 0.25) is 20.1 Å². The third-order valence-corrected chi connectivity index (χ3v) is 22.0. The molecule has 6 aromatic heterocycles. The smallest absolute Gasteiger partial charge is 0.278 e. The van der Waals surface area contributed by atoms with Gasteiger partial charge in [-0.25, -0.2) is 39.9 Å². The number of rotatable bonds is 26. The number of nitrogens with zero attached hydrogens (tertiary/aromatic N) is 12. The van der Waals surface area contributed by atoms with Crippen LogP contribution in [0.1, 0.15) is 76.7 Å². The van der Waals surface area contributed by atoms with Crippen LogP contribution in [0.15, 0.2) is 262 Å². The van der Waals surface area contributed by atoms with E-state index in [4.69, 9.17) is 84.5 Å². The van der Waals surface area contributed by atoms with E-state index in [2.05, 4.69) is 118 Å². The number of ketones is 2. The molecule has 1 atom stereocenters. The number of piperidine rings is 1. The predicted octanol–water partition coefficient (Wildman–Crippen LogP) is 18.9. The number of para-hydroxylation sites is 2. The molecule has 2 aliphatic heterocycles. The number of pyridine rings is 1. The second-order valence-corrected chi connectivity index (χ2v) is 31.3. The van der Waals surface area contributed by atoms with Gasteiger partial charge in [-0.05, 0) is 165 Å². The van der Waals surface area contributed by atoms with Gasteiger partial charge in [0.15, 0.2) is 28.8 Å². The zero-order valence-corrected chi connectivity index (χ0v) is 74.2. The molecule has 15 N–H and O–H groups in total. The normalized spacial score (nSPS) is 12.7. The Bertz CT molecular complexity index is 6230. The molecule has 16 rings (SSSR count). The number of fused-ring (bicyclic) bond motifs is 1. The van der Waals surface area contributed by atoms with Crippen molar-refractivity contribution >= 4 is 123 Å². The van der Waals surface area contributed by atoms with Crippen LogP contribution in [0.25, 0.3) is 62.4 Å². The number of nitrogens with two attached hydrogens (primary N) is 5. The lowest BCUT2D eigenvalue weighted by Crippen LogP contribution is -2.35. The van der Waals surface area contributed by atoms with Crippen molar-refractivity contribution in [1.82, 2.24) is 59.7 Å². The molecule has 8 heterocycles. The summed E-state index contributed by atoms with van der Waals surface area (Å²) in [7, 11) is 3.55. The molecule has 1 unspecified atom stereocenters. The number of amides is 1. The summed E-state index contributed by atoms with van der Waals surface area (Å²) in [5, 5.41) is 23.4. The van der Waals surface area contributed by atoms with Crippen LogP contribution in [0.3, 0.4) is 0 Å². The van der Waals surface area contributed by atoms with E-state index < -0.39 is 5.91 Å². The summed E-state index contributed by atoms with van der Waals surface area (Å²) in [5.74, 6) is 4.53. The molecular weight excluding hydrogens is 1710 g/mol. The molecule has 1 amide bonds. The number of aromatic hydroxyl groups is 1. The highest BCUT2D eigenvalue weighted by molar-refractivity contribution is 6.44. The summed E-state index contributed by atoms with van der Waals surface area (Å²) in [5.41, 5.74) is 43.1. The molecule has 0 saturated carbocycles. The van der Waals surface area contributed by atoms with E-state index in [1.54, 1.807) is 68.7 Å². The van der Waals surface area contributed by atoms with Crippen molar-refractivity contribution in [2.45, 2.75) is 70.9 Å². The average molecular weight is 1810 g/mol. The van der Waals surface area contributed by atoms with Crippen molar-refractivity contribution in [2.75, 3.05) is 90.3 Å². The van der Waals surface area contributed by atoms with Crippen LogP contribution in [0.5, 0.6) is 17.2 Å². The lowest BCUT2D eigenvalue weighted by Gasteiger charge is -2.32. The summed E-state index contributed by atoms with van der Waals surface area (Å²) >= 11 is 24.9. The van der Waals surface area contributed by atoms with Gasteiger partial charge in [0.25, 0.3) is 5.91 Å². The first kappa shape index (κ1) is 93.7. The second-order valence-electron chi connectivity index (χ2n) is 29.8. The van der Waals surface area contributed by atoms with Gasteiger partial charge in [0.2, 0.25) is 29.7 Å². The van der Waals surface area contributed by atoms with Crippen molar-refractivity contribution in [1.29, 1.82) is 0 Å². The van der Waals surface area contributed by atoms with Gasteiger partial charge in [-0.3, -0.25) is 19.3 Å². The molecular formula is C98H97Cl4N21O6. The van der Waals surface area contributed by atoms with Crippen molar-refractivity contribution < 1.29 is 29.0 Å². The summed E-state index contributed by atoms with van der Waals surface area (Å²) in [6, 6.07) is 73.7. The van der Waals surface area contributed by atoms with E-state index in [0.29, 0.717) is 86.2 Å². The highest BCUT2D eigenvalue weighted by Crippen LogP contribution is 2.37. The van der Waals surface area contributed by atoms with Gasteiger partial charge in [0.1, 0.15) is 35.9 Å². The molecule has 8 aromatic carbocycles. The first-order valence-electron chi connectivity index (χ1n) is 41.5. The van der Waals surface area contributed by atoms with Crippen molar-refractivity contribution in [3.8, 4) is 73.5 Å². The van der Waals surface area contributed by atoms with Gasteiger partial charge in [-0.2, -0.15) is 15.0 Å². The molecule has 0 bridgehead atoms. The molecule has 1 fully saturated rings. The monoisotopic (exact) mass is 1800 g/mol. The predicted molar refractivity (Wildman–Crippen MR) is 517 cm³/mol. The molecule has 129 heavy (non-hydrogen) atoms. The van der Waals surface area contributed by atoms with E-state index >= 15 is 0 Å². The third-order valence-electron chi connectivity index (χ3n) is 20.3. The fraction of sp³-hybridized carbons (Fsp3) is 0.184. The van der Waals surface area contributed by atoms with Crippen molar-refractivity contribution in [3.05, 3.63) is 321 Å². The standard InChI is InChI=1S/C25H28Cl2N4.C21H20N4O.C19H16Cl2N4O2.C18H17N5O2.C15H16N4O/c26-22-11-5-10-21(24(22)27)23-16-20(29-25(28)30-23)9-4-8-18-12-14-31(15-13-18)17-19-6-2-1-3-7-19;1-23-20-14-19(24-21(22)25-20)17-9-5-8-16(12-17)13-18(26)11-10-15-6-3-2-4-7-15;20-13-5-3-4-12(18(13)21)14-8-17(25-19(22)24-14)23-9-11-10-26-15-6-1-2-7-16(15)27-11;1-2-12-10-14(23-18(19)22-12)11-5-3-6-13(9-11)21-17(25)16-15(24)7-4-8-20-16;1-3-12(20)8-10-5-4-6-11(7-10)13-9-14(17-2)19-15(16)18-13/h1-3,5-7,10-11,16,18H,4,8-9,12-15,17H2,(H2,28,29,30);2-12,14H,13H2,1H3,(H3,22,23,24,25);1-8,11H,9-10H2,(H3,22,23,24,25);3-10,24H,2H2,1H3,(H,21,25)(H2,19,22,23);3-7,9H,1,8H2,2H3,(H3,16,17,18,19)/b;11-10+;;;. The maximum atomic E-state index is 12.3. The minimum Gasteiger partial charge on any atom is -0.505 e. The fourth-order valence-corrected chi connectivity index (χ4v) is 14.7. The Morgan fingerprint density at radius 3 is 1.60 bits per heavy atom. The van der Waals surface area contributed by atoms with Crippen LogP contribution in [-0.4, -0.2) is 129 Å². The van der Waals surface area contributed by atoms with Gasteiger partial charge in [-0.15, -0.1) is 0 Å². The summed E-state index contributed by atoms with van der Waals surface area (Å²) < 4.78 is 11.6. The number of likely N-dealkylation sites (tertiary alicyclic amines) is 1. The summed E-state index contributed by atoms with van der Waals surface area (Å²) in [6.07, 6.45) is 13.2. The number of hydrogen-bond donors (Lipinski definition) is 10. The highest BCUT2D eigenvalue weighted by atomic mass is 35.5. The number of benzene rings is 8. The number of nitrogen functional groups attached to an aromatic ring is 5. The Hall–Kier alpha value is -14.5. The lowest BCUT2D eigenvalue weighted by molar-refractivity contribution is -0.114. The minimum absolute atomic E-state index is 0.0136. The number of aromatic nitrogens is 11. The van der Waals surface area contributed by atoms with E-state index in [1.807, 2.05) is 165 Å². The number of aryl methyl sites for hydroxylation is 2. The minimum atomic E-state index is -0.494. The first-order chi connectivity index (χ1) is 62.5. The van der Waals surface area contributed by atoms with Crippen LogP contribution in [0.4, 0.5) is 52.9 Å². The Balaban J connectivity index is 0.000000147. The Morgan fingerprint density at radius 2 is 1.02 bits per heavy atom. The third kappa shape index (κ3) is 28.0. The highest BCUT2D eigenvalue weighted by Gasteiger charge is 2.24. The SMILES string of the molecule is C=CC(=O)Cc1cccc(-c2cc(NC)nc(N)n2)c1.CCc1cc(-c2cccc(NC(=O)c3ncccc3O)c2)nc(N)n1.CNc1cc(-c2cccc(CC(=O)/C=C/c3ccccc3)c2)nc(N)n1.Nc1nc(CCCC2CCN(Cc3ccccc3)CC2)cc(-c2cccc(Cl)c2Cl)n1.Nc1nc(NCC2COc3ccccc3O2)cc(-c2cccc(Cl)c2Cl)n1. The van der Waals surface area contributed by atoms with Gasteiger partial charge < -0.3 is 64.5 Å². The fourth-order valence-electron chi connectivity index (χ4n) is 13.9. The number of hydrogen-bond acceptors (Lipinski definition) is 26. The van der Waals surface area contributed by atoms with Crippen molar-refractivity contribution in [2.24, 2.45) is 5.92 Å². The maximum Gasteiger partial charge on any atom is 0.278 e. The summed E-state index contributed by atoms with van der Waals surface area (Å²) in [6.45, 7) is 9.81. The molecule has 27 nitrogen and oxygen atoms in total. The number of allylic oxidation sites excluding steroid dienone is 2. The molecule has 1 saturated heterocycles. The number of nitrogens with one attached hydrogen (secondary N) is 4. The maximum absolute atomic E-state index is 12.3. The number of carbonyl (C=O) groups is 3. The molecule has 0 radical (unpaired) electrons. The zero-order chi connectivity index (χ0) is 91.1. The second kappa shape index (κ2) is 46.7. The molecule has 0 aliphatic carbocycles. The molecule has 2 aliphatic rings. The molecule has 658 valence electrons. The van der Waals surface area contributed by atoms with E-state index in [9.17, 15) is 19.5 Å². The van der Waals surface area contributed by atoms with Gasteiger partial charge in [-0.1, -0.05) is 212 Å². The van der Waals surface area contributed by atoms with Gasteiger partial charge in [0, 0.05) is 103 Å². The van der Waals surface area contributed by atoms with Gasteiger partial charge in [0.05, 0.1) is 55.1 Å². The average Bonchev–Trinajstić information content (AvgIpc) is 0.842. The Labute approximate surface area is 768 Å². The molecule has 31 heteroatoms. The van der Waals surface area contributed by atoms with Crippen LogP contribution < -0.4 is 59.4 Å². The summed E-state index contributed by atoms with van der Waals surface area (Å²) in [4.78, 5) is 84.7. The lowest BCUT2D eigenvalue weighted by atomic mass is 9.91. The number of halogens is 4. The quantitative estimate of drug-likeness (QED) is 0.0225. The number of ether oxygens (including phenoxy) is 2. The zero-order valence-electron chi connectivity index (χ0n) is 71.1. The van der Waals surface area contributed by atoms with Crippen molar-refractivity contribution in [3.63, 3.8) is 0 Å². The van der Waals surface area contributed by atoms with E-state index in [0.717, 1.165) is 111 Å². The van der Waals surface area contributed by atoms with Crippen LogP contribution >= 0.6 is 46.4 Å². The van der Waals surface area contributed by atoms with Crippen LogP contribution in [-0.2, 0) is 41.8 Å². The Kier molecular flexibility index (Phi) is 33.9. The number of anilines is 9. The van der Waals surface area contributed by atoms with Crippen LogP contribution in [0, 0.1) is 5.92 Å². The topological polar surface area (TPSA) is 413 Å². The Morgan fingerprint density at radius 1 is 0.519 bits per heavy atom. The number of carbonyl (C=O) groups excluding carboxylic acids is 3.